The SMILES string of the molecule is CC(C)CN(Cc1ccsc1)C(=O)COc1ccc2nncn2n1. The summed E-state index contributed by atoms with van der Waals surface area (Å²) in [7, 11) is 0. The Hall–Kier alpha value is -2.48. The molecule has 0 saturated carbocycles. The second kappa shape index (κ2) is 7.39. The molecule has 0 aliphatic heterocycles. The molecule has 24 heavy (non-hydrogen) atoms. The van der Waals surface area contributed by atoms with Gasteiger partial charge in [0, 0.05) is 19.2 Å². The quantitative estimate of drug-likeness (QED) is 0.657. The largest absolute Gasteiger partial charge is 0.467 e. The summed E-state index contributed by atoms with van der Waals surface area (Å²) in [6, 6.07) is 5.47. The third-order valence-electron chi connectivity index (χ3n) is 3.37. The number of nitrogens with zero attached hydrogens (tertiary/aromatic N) is 5. The topological polar surface area (TPSA) is 72.6 Å². The molecule has 7 nitrogen and oxygen atoms in total. The van der Waals surface area contributed by atoms with Crippen LogP contribution in [0.4, 0.5) is 0 Å². The normalized spacial score (nSPS) is 11.1. The molecule has 0 radical (unpaired) electrons. The van der Waals surface area contributed by atoms with E-state index in [-0.39, 0.29) is 12.5 Å². The lowest BCUT2D eigenvalue weighted by atomic mass is 10.2. The van der Waals surface area contributed by atoms with E-state index in [0.717, 1.165) is 5.56 Å². The number of thiophene rings is 1. The fourth-order valence-electron chi connectivity index (χ4n) is 2.31. The van der Waals surface area contributed by atoms with Gasteiger partial charge in [-0.25, -0.2) is 0 Å². The molecule has 0 unspecified atom stereocenters. The van der Waals surface area contributed by atoms with Crippen LogP contribution in [0.1, 0.15) is 19.4 Å². The highest BCUT2D eigenvalue weighted by molar-refractivity contribution is 7.07. The Kier molecular flexibility index (Phi) is 5.05. The van der Waals surface area contributed by atoms with Crippen molar-refractivity contribution in [3.05, 3.63) is 40.8 Å². The predicted molar refractivity (Wildman–Crippen MR) is 90.9 cm³/mol. The molecule has 0 fully saturated rings. The van der Waals surface area contributed by atoms with Crippen molar-refractivity contribution in [2.75, 3.05) is 13.2 Å². The highest BCUT2D eigenvalue weighted by atomic mass is 32.1. The first-order chi connectivity index (χ1) is 11.6. The van der Waals surface area contributed by atoms with Crippen molar-refractivity contribution in [2.45, 2.75) is 20.4 Å². The van der Waals surface area contributed by atoms with Crippen molar-refractivity contribution in [3.63, 3.8) is 0 Å². The lowest BCUT2D eigenvalue weighted by molar-refractivity contribution is -0.134. The molecule has 3 aromatic heterocycles. The Labute approximate surface area is 143 Å². The third-order valence-corrected chi connectivity index (χ3v) is 4.10. The fraction of sp³-hybridized carbons (Fsp3) is 0.375. The van der Waals surface area contributed by atoms with Gasteiger partial charge >= 0.3 is 0 Å². The Bertz CT molecular complexity index is 800. The molecule has 3 heterocycles. The summed E-state index contributed by atoms with van der Waals surface area (Å²) in [6.45, 7) is 5.43. The fourth-order valence-corrected chi connectivity index (χ4v) is 2.97. The number of hydrogen-bond donors (Lipinski definition) is 0. The minimum Gasteiger partial charge on any atom is -0.467 e. The van der Waals surface area contributed by atoms with Crippen molar-refractivity contribution in [2.24, 2.45) is 5.92 Å². The summed E-state index contributed by atoms with van der Waals surface area (Å²) in [5.74, 6) is 0.704. The van der Waals surface area contributed by atoms with E-state index in [0.29, 0.717) is 30.5 Å². The van der Waals surface area contributed by atoms with Crippen LogP contribution in [0.2, 0.25) is 0 Å². The minimum atomic E-state index is -0.0550. The summed E-state index contributed by atoms with van der Waals surface area (Å²) in [5.41, 5.74) is 1.77. The van der Waals surface area contributed by atoms with E-state index in [1.165, 1.54) is 10.8 Å². The lowest BCUT2D eigenvalue weighted by Crippen LogP contribution is -2.37. The molecule has 0 saturated heterocycles. The maximum atomic E-state index is 12.5. The van der Waals surface area contributed by atoms with Gasteiger partial charge in [-0.3, -0.25) is 4.79 Å². The molecule has 0 atom stereocenters. The second-order valence-corrected chi connectivity index (χ2v) is 6.67. The number of rotatable bonds is 7. The molecule has 0 aliphatic carbocycles. The summed E-state index contributed by atoms with van der Waals surface area (Å²) in [5, 5.41) is 15.9. The van der Waals surface area contributed by atoms with Crippen molar-refractivity contribution < 1.29 is 9.53 Å². The Morgan fingerprint density at radius 1 is 1.38 bits per heavy atom. The van der Waals surface area contributed by atoms with Gasteiger partial charge in [-0.15, -0.1) is 15.3 Å². The van der Waals surface area contributed by atoms with Crippen LogP contribution in [-0.4, -0.2) is 43.8 Å². The number of ether oxygens (including phenoxy) is 1. The molecule has 0 aromatic carbocycles. The first kappa shape index (κ1) is 16.4. The number of carbonyl (C=O) groups excluding carboxylic acids is 1. The number of hydrogen-bond acceptors (Lipinski definition) is 6. The van der Waals surface area contributed by atoms with Crippen molar-refractivity contribution in [3.8, 4) is 5.88 Å². The summed E-state index contributed by atoms with van der Waals surface area (Å²) < 4.78 is 7.06. The Balaban J connectivity index is 1.63. The molecular weight excluding hydrogens is 326 g/mol. The average Bonchev–Trinajstić information content (AvgIpc) is 3.22. The van der Waals surface area contributed by atoms with Crippen LogP contribution >= 0.6 is 11.3 Å². The molecule has 1 amide bonds. The Morgan fingerprint density at radius 3 is 3.00 bits per heavy atom. The van der Waals surface area contributed by atoms with Gasteiger partial charge < -0.3 is 9.64 Å². The van der Waals surface area contributed by atoms with Gasteiger partial charge in [0.1, 0.15) is 6.33 Å². The van der Waals surface area contributed by atoms with E-state index in [9.17, 15) is 4.79 Å². The van der Waals surface area contributed by atoms with Crippen molar-refractivity contribution in [1.29, 1.82) is 0 Å². The maximum Gasteiger partial charge on any atom is 0.260 e. The van der Waals surface area contributed by atoms with Gasteiger partial charge in [0.2, 0.25) is 5.88 Å². The van der Waals surface area contributed by atoms with Gasteiger partial charge in [0.05, 0.1) is 0 Å². The lowest BCUT2D eigenvalue weighted by Gasteiger charge is -2.24. The van der Waals surface area contributed by atoms with E-state index in [1.54, 1.807) is 23.5 Å². The average molecular weight is 345 g/mol. The van der Waals surface area contributed by atoms with Crippen LogP contribution in [0, 0.1) is 5.92 Å². The molecule has 0 aliphatic rings. The van der Waals surface area contributed by atoms with Gasteiger partial charge in [-0.1, -0.05) is 13.8 Å². The van der Waals surface area contributed by atoms with E-state index in [4.69, 9.17) is 4.74 Å². The zero-order valence-corrected chi connectivity index (χ0v) is 14.4. The predicted octanol–water partition coefficient (Wildman–Crippen LogP) is 2.25. The maximum absolute atomic E-state index is 12.5. The third kappa shape index (κ3) is 4.08. The van der Waals surface area contributed by atoms with Gasteiger partial charge in [-0.2, -0.15) is 15.9 Å². The summed E-state index contributed by atoms with van der Waals surface area (Å²) >= 11 is 1.63. The highest BCUT2D eigenvalue weighted by Gasteiger charge is 2.17. The van der Waals surface area contributed by atoms with Gasteiger partial charge in [0.25, 0.3) is 5.91 Å². The first-order valence-corrected chi connectivity index (χ1v) is 8.65. The van der Waals surface area contributed by atoms with Gasteiger partial charge in [0.15, 0.2) is 12.3 Å². The molecule has 3 rings (SSSR count). The standard InChI is InChI=1S/C16H19N5O2S/c1-12(2)7-20(8-13-5-6-24-10-13)16(22)9-23-15-4-3-14-18-17-11-21(14)19-15/h3-6,10-12H,7-9H2,1-2H3. The van der Waals surface area contributed by atoms with Crippen LogP contribution < -0.4 is 4.74 Å². The summed E-state index contributed by atoms with van der Waals surface area (Å²) in [4.78, 5) is 14.4. The minimum absolute atomic E-state index is 0.0442. The number of amides is 1. The molecule has 0 spiro atoms. The van der Waals surface area contributed by atoms with Crippen molar-refractivity contribution in [1.82, 2.24) is 24.7 Å². The molecule has 0 N–H and O–H groups in total. The molecule has 126 valence electrons. The van der Waals surface area contributed by atoms with Crippen molar-refractivity contribution >= 4 is 22.9 Å². The van der Waals surface area contributed by atoms with Crippen LogP contribution in [-0.2, 0) is 11.3 Å². The van der Waals surface area contributed by atoms with Crippen LogP contribution in [0.15, 0.2) is 35.3 Å². The van der Waals surface area contributed by atoms with Crippen LogP contribution in [0.5, 0.6) is 5.88 Å². The van der Waals surface area contributed by atoms with E-state index in [2.05, 4.69) is 34.5 Å². The van der Waals surface area contributed by atoms with Crippen LogP contribution in [0.25, 0.3) is 5.65 Å². The zero-order chi connectivity index (χ0) is 16.9. The molecule has 0 bridgehead atoms. The smallest absolute Gasteiger partial charge is 0.260 e. The molecule has 8 heteroatoms. The number of aromatic nitrogens is 4. The second-order valence-electron chi connectivity index (χ2n) is 5.89. The van der Waals surface area contributed by atoms with E-state index in [1.807, 2.05) is 16.3 Å². The summed E-state index contributed by atoms with van der Waals surface area (Å²) in [6.07, 6.45) is 1.49. The number of carbonyl (C=O) groups is 1. The monoisotopic (exact) mass is 345 g/mol. The van der Waals surface area contributed by atoms with Gasteiger partial charge in [-0.05, 0) is 34.4 Å². The molecular formula is C16H19N5O2S. The molecule has 3 aromatic rings. The zero-order valence-electron chi connectivity index (χ0n) is 13.6. The van der Waals surface area contributed by atoms with E-state index < -0.39 is 0 Å². The van der Waals surface area contributed by atoms with Crippen LogP contribution in [0.3, 0.4) is 0 Å². The number of fused-ring (bicyclic) bond motifs is 1. The van der Waals surface area contributed by atoms with E-state index >= 15 is 0 Å². The Morgan fingerprint density at radius 2 is 2.25 bits per heavy atom. The first-order valence-electron chi connectivity index (χ1n) is 7.70. The highest BCUT2D eigenvalue weighted by Crippen LogP contribution is 2.12.